The van der Waals surface area contributed by atoms with Crippen LogP contribution in [0.15, 0.2) is 72.1 Å². The number of hydrogen-bond acceptors (Lipinski definition) is 18. The number of rotatable bonds is 27. The number of benzene rings is 3. The number of aliphatic hydroxyl groups is 2. The molecule has 4 N–H and O–H groups in total. The summed E-state index contributed by atoms with van der Waals surface area (Å²) in [6.45, 7) is 14.9. The molecule has 8 rings (SSSR count). The molecular formula is C66H85N7O17. The number of fused-ring (bicyclic) bond motifs is 4. The van der Waals surface area contributed by atoms with Gasteiger partial charge in [-0.2, -0.15) is 0 Å². The summed E-state index contributed by atoms with van der Waals surface area (Å²) < 4.78 is 35.1. The average Bonchev–Trinajstić information content (AvgIpc) is 1.62. The van der Waals surface area contributed by atoms with Crippen LogP contribution in [0.25, 0.3) is 0 Å². The monoisotopic (exact) mass is 1250 g/mol. The molecule has 1 fully saturated rings. The van der Waals surface area contributed by atoms with Gasteiger partial charge in [-0.05, 0) is 74.3 Å². The molecule has 3 aromatic rings. The minimum absolute atomic E-state index is 0.0182. The van der Waals surface area contributed by atoms with E-state index < -0.39 is 66.2 Å². The van der Waals surface area contributed by atoms with Gasteiger partial charge >= 0.3 is 6.09 Å². The number of likely N-dealkylation sites (tertiary alicyclic amines) is 1. The zero-order valence-electron chi connectivity index (χ0n) is 53.3. The van der Waals surface area contributed by atoms with E-state index in [0.717, 1.165) is 16.0 Å². The highest BCUT2D eigenvalue weighted by Gasteiger charge is 2.47. The minimum atomic E-state index is -1.56. The second-order valence-electron chi connectivity index (χ2n) is 25.2. The van der Waals surface area contributed by atoms with Gasteiger partial charge in [0.1, 0.15) is 18.6 Å². The molecule has 3 aromatic carbocycles. The van der Waals surface area contributed by atoms with Crippen LogP contribution in [0.3, 0.4) is 0 Å². The Morgan fingerprint density at radius 1 is 0.700 bits per heavy atom. The standard InChI is InChI=1S/C66H85N7O17/c1-37(2)58(68-56(76)20-25-87-22-12-14-43(74)19-21-70-57(77)31-46(62(70)81)66(6,7)8)51(75)28-40(5)59(78)67-42-17-15-41(16-18-42)36-90-65(84)73-48-33-55(53(86-11)30-45(48)61(80)72-35-39(4)27-50(72)64(73)83)89-24-13-23-88-54-32-47-44(29-52(54)85-10)60(79)71-34-38(3)26-49(71)63(82)69(47)9/h15-18,29-30,32-35,37,40,46,49-50,58,63-64,82-83H,12-14,19-28,31,36H2,1-11H3,(H,67,78)(H,68,76)/t40-,46?,49+,50+,58+,63?,64?/m1/s1. The van der Waals surface area contributed by atoms with Gasteiger partial charge in [-0.3, -0.25) is 43.3 Å². The molecule has 5 aliphatic heterocycles. The molecule has 0 aromatic heterocycles. The second-order valence-corrected chi connectivity index (χ2v) is 25.2. The molecule has 7 amide bonds. The lowest BCUT2D eigenvalue weighted by molar-refractivity contribution is -0.140. The van der Waals surface area contributed by atoms with Gasteiger partial charge in [-0.1, -0.05) is 64.8 Å². The third kappa shape index (κ3) is 15.4. The number of carbonyl (C=O) groups is 9. The number of ketones is 2. The lowest BCUT2D eigenvalue weighted by atomic mass is 9.80. The summed E-state index contributed by atoms with van der Waals surface area (Å²) in [5, 5.41) is 28.8. The van der Waals surface area contributed by atoms with Crippen LogP contribution in [-0.2, 0) is 44.8 Å². The zero-order valence-corrected chi connectivity index (χ0v) is 53.3. The average molecular weight is 1250 g/mol. The molecule has 0 spiro atoms. The van der Waals surface area contributed by atoms with Crippen LogP contribution in [0, 0.1) is 23.2 Å². The third-order valence-corrected chi connectivity index (χ3v) is 17.0. The molecule has 7 atom stereocenters. The Hall–Kier alpha value is -8.35. The van der Waals surface area contributed by atoms with Gasteiger partial charge in [-0.15, -0.1) is 0 Å². The van der Waals surface area contributed by atoms with Crippen molar-refractivity contribution in [2.24, 2.45) is 23.2 Å². The van der Waals surface area contributed by atoms with Crippen molar-refractivity contribution in [2.45, 2.75) is 150 Å². The van der Waals surface area contributed by atoms with Gasteiger partial charge in [0.15, 0.2) is 35.0 Å². The van der Waals surface area contributed by atoms with Gasteiger partial charge in [0.2, 0.25) is 23.6 Å². The van der Waals surface area contributed by atoms with E-state index in [1.165, 1.54) is 36.2 Å². The summed E-state index contributed by atoms with van der Waals surface area (Å²) >= 11 is 0. The van der Waals surface area contributed by atoms with Crippen LogP contribution in [-0.4, -0.2) is 163 Å². The number of nitrogens with one attached hydrogen (secondary N) is 2. The normalized spacial score (nSPS) is 20.3. The maximum absolute atomic E-state index is 14.3. The molecular weight excluding hydrogens is 1160 g/mol. The largest absolute Gasteiger partial charge is 0.493 e. The molecule has 90 heavy (non-hydrogen) atoms. The second kappa shape index (κ2) is 29.1. The van der Waals surface area contributed by atoms with Crippen LogP contribution in [0.1, 0.15) is 139 Å². The van der Waals surface area contributed by atoms with Crippen molar-refractivity contribution < 1.29 is 81.8 Å². The molecule has 5 aliphatic rings. The smallest absolute Gasteiger partial charge is 0.416 e. The van der Waals surface area contributed by atoms with Crippen LogP contribution in [0.5, 0.6) is 23.0 Å². The Balaban J connectivity index is 0.809. The van der Waals surface area contributed by atoms with E-state index in [1.54, 1.807) is 86.4 Å². The third-order valence-electron chi connectivity index (χ3n) is 17.0. The van der Waals surface area contributed by atoms with Crippen molar-refractivity contribution in [1.82, 2.24) is 20.0 Å². The summed E-state index contributed by atoms with van der Waals surface area (Å²) in [5.41, 5.74) is 3.26. The van der Waals surface area contributed by atoms with Gasteiger partial charge in [0, 0.05) is 94.9 Å². The fourth-order valence-corrected chi connectivity index (χ4v) is 11.8. The summed E-state index contributed by atoms with van der Waals surface area (Å²) in [6, 6.07) is 10.5. The minimum Gasteiger partial charge on any atom is -0.493 e. The summed E-state index contributed by atoms with van der Waals surface area (Å²) in [6.07, 6.45) is 1.66. The first-order chi connectivity index (χ1) is 42.7. The highest BCUT2D eigenvalue weighted by molar-refractivity contribution is 6.07. The molecule has 24 nitrogen and oxygen atoms in total. The Kier molecular flexibility index (Phi) is 21.8. The van der Waals surface area contributed by atoms with Crippen LogP contribution in [0.2, 0.25) is 0 Å². The number of ether oxygens (including phenoxy) is 6. The Morgan fingerprint density at radius 3 is 1.84 bits per heavy atom. The Bertz CT molecular complexity index is 3300. The Morgan fingerprint density at radius 2 is 1.28 bits per heavy atom. The summed E-state index contributed by atoms with van der Waals surface area (Å²) in [7, 11) is 4.60. The number of nitrogens with zero attached hydrogens (tertiary/aromatic N) is 5. The summed E-state index contributed by atoms with van der Waals surface area (Å²) in [5.74, 6) is -2.97. The van der Waals surface area contributed by atoms with Crippen molar-refractivity contribution in [1.29, 1.82) is 0 Å². The highest BCUT2D eigenvalue weighted by Crippen LogP contribution is 2.44. The van der Waals surface area contributed by atoms with Gasteiger partial charge in [-0.25, -0.2) is 9.69 Å². The summed E-state index contributed by atoms with van der Waals surface area (Å²) in [4.78, 5) is 127. The number of hydrogen-bond donors (Lipinski definition) is 4. The number of anilines is 3. The number of imide groups is 1. The molecule has 0 radical (unpaired) electrons. The number of aliphatic hydroxyl groups excluding tert-OH is 2. The van der Waals surface area contributed by atoms with Crippen molar-refractivity contribution in [3.05, 3.63) is 88.8 Å². The predicted molar refractivity (Wildman–Crippen MR) is 331 cm³/mol. The van der Waals surface area contributed by atoms with Crippen molar-refractivity contribution in [2.75, 3.05) is 69.4 Å². The number of carbonyl (C=O) groups excluding carboxylic acids is 9. The van der Waals surface area contributed by atoms with Crippen LogP contribution in [0.4, 0.5) is 21.9 Å². The van der Waals surface area contributed by atoms with E-state index in [4.69, 9.17) is 28.4 Å². The molecule has 0 saturated carbocycles. The molecule has 1 saturated heterocycles. The van der Waals surface area contributed by atoms with E-state index in [2.05, 4.69) is 10.6 Å². The van der Waals surface area contributed by atoms with E-state index >= 15 is 0 Å². The zero-order chi connectivity index (χ0) is 65.5. The van der Waals surface area contributed by atoms with Crippen molar-refractivity contribution in [3.63, 3.8) is 0 Å². The fraction of sp³-hybridized carbons (Fsp3) is 0.530. The maximum Gasteiger partial charge on any atom is 0.416 e. The number of likely N-dealkylation sites (N-methyl/N-ethyl adjacent to an activating group) is 1. The van der Waals surface area contributed by atoms with Crippen molar-refractivity contribution >= 4 is 70.2 Å². The first kappa shape index (κ1) is 67.6. The van der Waals surface area contributed by atoms with Gasteiger partial charge in [0.05, 0.1) is 80.6 Å². The predicted octanol–water partition coefficient (Wildman–Crippen LogP) is 7.27. The van der Waals surface area contributed by atoms with E-state index in [0.29, 0.717) is 53.3 Å². The SMILES string of the molecule is COc1cc2c(cc1OCCCOc1cc3c(cc1OC)C(=O)N1C=C(C)C[C@H]1C(O)N3C(=O)OCc1ccc(NC(=O)[C@H](C)CC(=O)[C@@H](NC(=O)CCOCCCC(=O)CCN3C(=O)CC(C(C)(C)C)C3=O)C(C)C)cc1)N(C)C(O)[C@@H]1CC(C)=CN1C2=O. The lowest BCUT2D eigenvalue weighted by Crippen LogP contribution is -2.50. The quantitative estimate of drug-likeness (QED) is 0.0431. The van der Waals surface area contributed by atoms with Crippen LogP contribution >= 0.6 is 0 Å². The molecule has 0 bridgehead atoms. The topological polar surface area (TPSA) is 290 Å². The molecule has 0 aliphatic carbocycles. The van der Waals surface area contributed by atoms with Gasteiger partial charge < -0.3 is 64.0 Å². The molecule has 5 heterocycles. The molecule has 24 heteroatoms. The first-order valence-electron chi connectivity index (χ1n) is 30.6. The number of methoxy groups -OCH3 is 2. The fourth-order valence-electron chi connectivity index (χ4n) is 11.8. The van der Waals surface area contributed by atoms with Gasteiger partial charge in [0.25, 0.3) is 11.8 Å². The molecule has 3 unspecified atom stereocenters. The number of amides is 7. The van der Waals surface area contributed by atoms with E-state index in [1.807, 2.05) is 34.6 Å². The van der Waals surface area contributed by atoms with E-state index in [9.17, 15) is 53.4 Å². The maximum atomic E-state index is 14.3. The molecule has 486 valence electrons. The van der Waals surface area contributed by atoms with Crippen molar-refractivity contribution in [3.8, 4) is 23.0 Å². The van der Waals surface area contributed by atoms with E-state index in [-0.39, 0.29) is 141 Å². The lowest BCUT2D eigenvalue weighted by Gasteiger charge is -2.31. The number of Topliss-reactive ketones (excluding diaryl/α,β-unsaturated/α-hetero) is 2. The highest BCUT2D eigenvalue weighted by atomic mass is 16.6. The first-order valence-corrected chi connectivity index (χ1v) is 30.6. The Labute approximate surface area is 524 Å². The van der Waals surface area contributed by atoms with Crippen LogP contribution < -0.4 is 39.4 Å².